The van der Waals surface area contributed by atoms with Gasteiger partial charge in [-0.05, 0) is 42.7 Å². The van der Waals surface area contributed by atoms with Crippen molar-refractivity contribution in [3.8, 4) is 16.9 Å². The van der Waals surface area contributed by atoms with E-state index in [9.17, 15) is 14.3 Å². The third-order valence-corrected chi connectivity index (χ3v) is 3.30. The van der Waals surface area contributed by atoms with Gasteiger partial charge in [-0.15, -0.1) is 0 Å². The Bertz CT molecular complexity index is 665. The van der Waals surface area contributed by atoms with E-state index in [1.807, 2.05) is 0 Å². The number of benzene rings is 2. The quantitative estimate of drug-likeness (QED) is 0.901. The molecule has 0 aliphatic heterocycles. The highest BCUT2D eigenvalue weighted by atomic mass is 19.1. The van der Waals surface area contributed by atoms with E-state index >= 15 is 0 Å². The molecule has 0 unspecified atom stereocenters. The van der Waals surface area contributed by atoms with Crippen LogP contribution in [0.4, 0.5) is 4.39 Å². The highest BCUT2D eigenvalue weighted by Gasteiger charge is 2.23. The summed E-state index contributed by atoms with van der Waals surface area (Å²) in [5.41, 5.74) is 1.50. The molecule has 20 heavy (non-hydrogen) atoms. The van der Waals surface area contributed by atoms with Gasteiger partial charge in [0.2, 0.25) is 0 Å². The zero-order chi connectivity index (χ0) is 14.1. The lowest BCUT2D eigenvalue weighted by Crippen LogP contribution is -2.25. The number of hydrogen-bond acceptors (Lipinski definition) is 2. The molecular formula is C16H14FNO2. The number of amides is 1. The van der Waals surface area contributed by atoms with Crippen molar-refractivity contribution in [2.24, 2.45) is 0 Å². The van der Waals surface area contributed by atoms with Gasteiger partial charge >= 0.3 is 0 Å². The first-order valence-corrected chi connectivity index (χ1v) is 6.53. The number of hydrogen-bond donors (Lipinski definition) is 2. The van der Waals surface area contributed by atoms with Gasteiger partial charge in [0.15, 0.2) is 0 Å². The number of halogens is 1. The predicted octanol–water partition coefficient (Wildman–Crippen LogP) is 3.09. The SMILES string of the molecule is O=C(NC1CC1)c1cccc(-c2ccc(O)cc2F)c1. The molecule has 2 aromatic carbocycles. The van der Waals surface area contributed by atoms with Crippen LogP contribution in [0.3, 0.4) is 0 Å². The van der Waals surface area contributed by atoms with Gasteiger partial charge in [-0.1, -0.05) is 12.1 Å². The van der Waals surface area contributed by atoms with Crippen molar-refractivity contribution in [2.45, 2.75) is 18.9 Å². The zero-order valence-corrected chi connectivity index (χ0v) is 10.8. The van der Waals surface area contributed by atoms with E-state index in [4.69, 9.17) is 0 Å². The van der Waals surface area contributed by atoms with Crippen LogP contribution < -0.4 is 5.32 Å². The second-order valence-corrected chi connectivity index (χ2v) is 4.99. The molecule has 4 heteroatoms. The molecule has 0 atom stereocenters. The number of carbonyl (C=O) groups is 1. The monoisotopic (exact) mass is 271 g/mol. The topological polar surface area (TPSA) is 49.3 Å². The van der Waals surface area contributed by atoms with Gasteiger partial charge < -0.3 is 10.4 Å². The van der Waals surface area contributed by atoms with Gasteiger partial charge in [-0.3, -0.25) is 4.79 Å². The number of rotatable bonds is 3. The average Bonchev–Trinajstić information content (AvgIpc) is 3.23. The Morgan fingerprint density at radius 1 is 1.20 bits per heavy atom. The maximum Gasteiger partial charge on any atom is 0.251 e. The largest absolute Gasteiger partial charge is 0.508 e. The van der Waals surface area contributed by atoms with Crippen molar-refractivity contribution in [3.05, 3.63) is 53.8 Å². The standard InChI is InChI=1S/C16H14FNO2/c17-15-9-13(19)6-7-14(15)10-2-1-3-11(8-10)16(20)18-12-4-5-12/h1-3,6-9,12,19H,4-5H2,(H,18,20). The Balaban J connectivity index is 1.91. The van der Waals surface area contributed by atoms with E-state index in [0.29, 0.717) is 16.7 Å². The van der Waals surface area contributed by atoms with Crippen molar-refractivity contribution >= 4 is 5.91 Å². The van der Waals surface area contributed by atoms with Crippen LogP contribution in [0.25, 0.3) is 11.1 Å². The van der Waals surface area contributed by atoms with E-state index in [1.165, 1.54) is 12.1 Å². The molecule has 3 rings (SSSR count). The van der Waals surface area contributed by atoms with E-state index in [-0.39, 0.29) is 17.7 Å². The lowest BCUT2D eigenvalue weighted by atomic mass is 10.0. The van der Waals surface area contributed by atoms with E-state index in [0.717, 1.165) is 18.9 Å². The maximum atomic E-state index is 13.8. The maximum absolute atomic E-state index is 13.8. The first-order valence-electron chi connectivity index (χ1n) is 6.53. The molecule has 3 nitrogen and oxygen atoms in total. The first kappa shape index (κ1) is 12.7. The molecule has 2 N–H and O–H groups in total. The van der Waals surface area contributed by atoms with E-state index < -0.39 is 5.82 Å². The normalized spacial score (nSPS) is 14.1. The van der Waals surface area contributed by atoms with E-state index in [2.05, 4.69) is 5.32 Å². The molecule has 0 heterocycles. The summed E-state index contributed by atoms with van der Waals surface area (Å²) in [6.45, 7) is 0. The molecule has 1 saturated carbocycles. The molecule has 0 saturated heterocycles. The van der Waals surface area contributed by atoms with Crippen molar-refractivity contribution in [3.63, 3.8) is 0 Å². The summed E-state index contributed by atoms with van der Waals surface area (Å²) in [5.74, 6) is -0.757. The minimum Gasteiger partial charge on any atom is -0.508 e. The molecule has 102 valence electrons. The van der Waals surface area contributed by atoms with Crippen LogP contribution in [0, 0.1) is 5.82 Å². The molecule has 1 aliphatic rings. The van der Waals surface area contributed by atoms with Crippen molar-refractivity contribution in [2.75, 3.05) is 0 Å². The fourth-order valence-electron chi connectivity index (χ4n) is 2.06. The van der Waals surface area contributed by atoms with E-state index in [1.54, 1.807) is 24.3 Å². The Morgan fingerprint density at radius 2 is 2.00 bits per heavy atom. The summed E-state index contributed by atoms with van der Waals surface area (Å²) in [4.78, 5) is 12.0. The van der Waals surface area contributed by atoms with Crippen LogP contribution in [0.1, 0.15) is 23.2 Å². The lowest BCUT2D eigenvalue weighted by Gasteiger charge is -2.07. The van der Waals surface area contributed by atoms with Crippen molar-refractivity contribution < 1.29 is 14.3 Å². The minimum atomic E-state index is -0.509. The summed E-state index contributed by atoms with van der Waals surface area (Å²) < 4.78 is 13.8. The third-order valence-electron chi connectivity index (χ3n) is 3.30. The Morgan fingerprint density at radius 3 is 2.70 bits per heavy atom. The van der Waals surface area contributed by atoms with Crippen LogP contribution in [-0.4, -0.2) is 17.1 Å². The number of carbonyl (C=O) groups excluding carboxylic acids is 1. The molecule has 0 radical (unpaired) electrons. The second-order valence-electron chi connectivity index (χ2n) is 4.99. The summed E-state index contributed by atoms with van der Waals surface area (Å²) in [6, 6.07) is 11.1. The molecule has 1 fully saturated rings. The summed E-state index contributed by atoms with van der Waals surface area (Å²) in [7, 11) is 0. The molecule has 1 aliphatic carbocycles. The highest BCUT2D eigenvalue weighted by molar-refractivity contribution is 5.95. The van der Waals surface area contributed by atoms with Gasteiger partial charge in [0.25, 0.3) is 5.91 Å². The van der Waals surface area contributed by atoms with Crippen LogP contribution in [0.5, 0.6) is 5.75 Å². The van der Waals surface area contributed by atoms with Gasteiger partial charge in [-0.25, -0.2) is 4.39 Å². The highest BCUT2D eigenvalue weighted by Crippen LogP contribution is 2.27. The van der Waals surface area contributed by atoms with Crippen LogP contribution in [0.15, 0.2) is 42.5 Å². The number of aromatic hydroxyl groups is 1. The molecule has 0 bridgehead atoms. The van der Waals surface area contributed by atoms with Crippen LogP contribution in [-0.2, 0) is 0 Å². The van der Waals surface area contributed by atoms with Crippen LogP contribution >= 0.6 is 0 Å². The van der Waals surface area contributed by atoms with Crippen molar-refractivity contribution in [1.82, 2.24) is 5.32 Å². The number of phenolic OH excluding ortho intramolecular Hbond substituents is 1. The predicted molar refractivity (Wildman–Crippen MR) is 74.0 cm³/mol. The zero-order valence-electron chi connectivity index (χ0n) is 10.8. The fourth-order valence-corrected chi connectivity index (χ4v) is 2.06. The molecule has 2 aromatic rings. The van der Waals surface area contributed by atoms with Gasteiger partial charge in [0.1, 0.15) is 11.6 Å². The van der Waals surface area contributed by atoms with Gasteiger partial charge in [0, 0.05) is 23.2 Å². The Labute approximate surface area is 116 Å². The van der Waals surface area contributed by atoms with Gasteiger partial charge in [-0.2, -0.15) is 0 Å². The average molecular weight is 271 g/mol. The van der Waals surface area contributed by atoms with Crippen LogP contribution in [0.2, 0.25) is 0 Å². The molecule has 1 amide bonds. The molecule has 0 spiro atoms. The first-order chi connectivity index (χ1) is 9.63. The second kappa shape index (κ2) is 4.96. The summed E-state index contributed by atoms with van der Waals surface area (Å²) in [5, 5.41) is 12.1. The van der Waals surface area contributed by atoms with Crippen molar-refractivity contribution in [1.29, 1.82) is 0 Å². The Kier molecular flexibility index (Phi) is 3.14. The number of phenols is 1. The minimum absolute atomic E-state index is 0.117. The smallest absolute Gasteiger partial charge is 0.251 e. The summed E-state index contributed by atoms with van der Waals surface area (Å²) >= 11 is 0. The fraction of sp³-hybridized carbons (Fsp3) is 0.188. The summed E-state index contributed by atoms with van der Waals surface area (Å²) in [6.07, 6.45) is 2.05. The molecule has 0 aromatic heterocycles. The van der Waals surface area contributed by atoms with Gasteiger partial charge in [0.05, 0.1) is 0 Å². The third kappa shape index (κ3) is 2.64. The Hall–Kier alpha value is -2.36. The molecular weight excluding hydrogens is 257 g/mol. The lowest BCUT2D eigenvalue weighted by molar-refractivity contribution is 0.0951. The number of nitrogens with one attached hydrogen (secondary N) is 1.